The second kappa shape index (κ2) is 3.56. The van der Waals surface area contributed by atoms with E-state index < -0.39 is 33.4 Å². The van der Waals surface area contributed by atoms with Crippen LogP contribution in [0.4, 0.5) is 22.0 Å². The molecule has 0 saturated heterocycles. The van der Waals surface area contributed by atoms with Crippen molar-refractivity contribution in [3.05, 3.63) is 0 Å². The van der Waals surface area contributed by atoms with Crippen LogP contribution in [0.25, 0.3) is 0 Å². The van der Waals surface area contributed by atoms with Gasteiger partial charge in [0.2, 0.25) is 5.92 Å². The molecule has 0 aromatic rings. The predicted molar refractivity (Wildman–Crippen MR) is 33.7 cm³/mol. The maximum Gasteiger partial charge on any atom is 0.409 e. The van der Waals surface area contributed by atoms with Crippen LogP contribution in [0.2, 0.25) is 0 Å². The van der Waals surface area contributed by atoms with Crippen molar-refractivity contribution in [1.82, 2.24) is 0 Å². The van der Waals surface area contributed by atoms with Gasteiger partial charge in [-0.3, -0.25) is 9.35 Å². The molecule has 0 heterocycles. The Kier molecular flexibility index (Phi) is 3.33. The number of hydrogen-bond donors (Lipinski definition) is 2. The monoisotopic (exact) mass is 258 g/mol. The first-order valence-electron chi connectivity index (χ1n) is 2.96. The Bertz CT molecular complexity index is 356. The maximum atomic E-state index is 12.4. The third-order valence-electron chi connectivity index (χ3n) is 1.25. The lowest BCUT2D eigenvalue weighted by Crippen LogP contribution is -2.49. The van der Waals surface area contributed by atoms with Crippen LogP contribution in [0, 0.1) is 5.92 Å². The fraction of sp³-hybridized carbons (Fsp3) is 0.750. The lowest BCUT2D eigenvalue weighted by Gasteiger charge is -2.22. The zero-order valence-corrected chi connectivity index (χ0v) is 7.31. The Morgan fingerprint density at radius 2 is 1.47 bits per heavy atom. The summed E-state index contributed by atoms with van der Waals surface area (Å²) >= 11 is 0. The van der Waals surface area contributed by atoms with Crippen molar-refractivity contribution >= 4 is 16.1 Å². The number of hydrogen-bond acceptors (Lipinski definition) is 3. The number of carbonyl (C=O) groups is 1. The summed E-state index contributed by atoms with van der Waals surface area (Å²) in [7, 11) is -6.46. The molecule has 0 bridgehead atoms. The van der Waals surface area contributed by atoms with Crippen LogP contribution < -0.4 is 0 Å². The van der Waals surface area contributed by atoms with Gasteiger partial charge in [0.15, 0.2) is 0 Å². The minimum absolute atomic E-state index is 3.11. The van der Waals surface area contributed by atoms with Gasteiger partial charge in [0, 0.05) is 0 Å². The van der Waals surface area contributed by atoms with Crippen molar-refractivity contribution in [2.24, 2.45) is 5.92 Å². The summed E-state index contributed by atoms with van der Waals surface area (Å²) in [5.41, 5.74) is 0. The normalized spacial score (nSPS) is 16.1. The summed E-state index contributed by atoms with van der Waals surface area (Å²) in [5.74, 6) is -7.62. The number of carboxylic acids is 1. The molecule has 1 unspecified atom stereocenters. The van der Waals surface area contributed by atoms with Gasteiger partial charge < -0.3 is 5.11 Å². The molecule has 0 aromatic heterocycles. The molecule has 2 N–H and O–H groups in total. The molecule has 11 heteroatoms. The summed E-state index contributed by atoms with van der Waals surface area (Å²) in [6.45, 7) is 0. The van der Waals surface area contributed by atoms with E-state index in [-0.39, 0.29) is 0 Å². The minimum Gasteiger partial charge on any atom is -0.481 e. The van der Waals surface area contributed by atoms with Crippen LogP contribution in [-0.2, 0) is 14.9 Å². The topological polar surface area (TPSA) is 91.7 Å². The molecule has 1 atom stereocenters. The highest BCUT2D eigenvalue weighted by atomic mass is 32.2. The Morgan fingerprint density at radius 1 is 1.13 bits per heavy atom. The molecule has 0 aliphatic carbocycles. The van der Waals surface area contributed by atoms with E-state index in [0.717, 1.165) is 0 Å². The van der Waals surface area contributed by atoms with Gasteiger partial charge in [-0.25, -0.2) is 0 Å². The van der Waals surface area contributed by atoms with Gasteiger partial charge in [-0.1, -0.05) is 0 Å². The second-order valence-corrected chi connectivity index (χ2v) is 3.84. The lowest BCUT2D eigenvalue weighted by atomic mass is 10.1. The molecule has 0 aliphatic rings. The van der Waals surface area contributed by atoms with Crippen LogP contribution in [-0.4, -0.2) is 35.5 Å². The summed E-state index contributed by atoms with van der Waals surface area (Å²) in [6.07, 6.45) is -6.01. The zero-order valence-electron chi connectivity index (χ0n) is 6.49. The molecule has 0 aromatic carbocycles. The lowest BCUT2D eigenvalue weighted by molar-refractivity contribution is -0.225. The van der Waals surface area contributed by atoms with Crippen molar-refractivity contribution in [2.45, 2.75) is 11.4 Å². The third kappa shape index (κ3) is 2.75. The first-order chi connectivity index (χ1) is 6.32. The fourth-order valence-electron chi connectivity index (χ4n) is 0.623. The number of alkyl halides is 5. The largest absolute Gasteiger partial charge is 0.481 e. The fourth-order valence-corrected chi connectivity index (χ4v) is 1.16. The van der Waals surface area contributed by atoms with Gasteiger partial charge >= 0.3 is 27.5 Å². The number of halogens is 5. The second-order valence-electron chi connectivity index (χ2n) is 2.35. The number of rotatable bonds is 3. The van der Waals surface area contributed by atoms with E-state index in [1.54, 1.807) is 0 Å². The molecule has 0 rings (SSSR count). The quantitative estimate of drug-likeness (QED) is 0.575. The van der Waals surface area contributed by atoms with E-state index in [1.807, 2.05) is 0 Å². The van der Waals surface area contributed by atoms with Crippen LogP contribution in [0.5, 0.6) is 0 Å². The Labute approximate surface area is 79.2 Å². The molecular weight excluding hydrogens is 255 g/mol. The van der Waals surface area contributed by atoms with Gasteiger partial charge in [0.1, 0.15) is 0 Å². The smallest absolute Gasteiger partial charge is 0.409 e. The summed E-state index contributed by atoms with van der Waals surface area (Å²) in [5, 5.41) is 2.00. The van der Waals surface area contributed by atoms with Crippen LogP contribution >= 0.6 is 0 Å². The summed E-state index contributed by atoms with van der Waals surface area (Å²) in [4.78, 5) is 9.86. The highest BCUT2D eigenvalue weighted by molar-refractivity contribution is 7.86. The summed E-state index contributed by atoms with van der Waals surface area (Å²) < 4.78 is 87.6. The van der Waals surface area contributed by atoms with E-state index >= 15 is 0 Å². The van der Waals surface area contributed by atoms with Crippen LogP contribution in [0.3, 0.4) is 0 Å². The molecule has 0 aliphatic heterocycles. The average molecular weight is 258 g/mol. The molecule has 90 valence electrons. The van der Waals surface area contributed by atoms with E-state index in [0.29, 0.717) is 0 Å². The first kappa shape index (κ1) is 14.0. The number of carboxylic acid groups (broad SMARTS) is 1. The molecular formula is C4H3F5O5S. The maximum absolute atomic E-state index is 12.4. The van der Waals surface area contributed by atoms with Gasteiger partial charge in [-0.2, -0.15) is 30.4 Å². The molecule has 0 radical (unpaired) electrons. The van der Waals surface area contributed by atoms with Gasteiger partial charge in [-0.05, 0) is 0 Å². The van der Waals surface area contributed by atoms with Gasteiger partial charge in [0.05, 0.1) is 0 Å². The molecule has 5 nitrogen and oxygen atoms in total. The Balaban J connectivity index is 5.59. The van der Waals surface area contributed by atoms with Crippen LogP contribution in [0.1, 0.15) is 0 Å². The van der Waals surface area contributed by atoms with Crippen molar-refractivity contribution in [1.29, 1.82) is 0 Å². The SMILES string of the molecule is O=C(O)C(C(F)(F)F)C(F)(F)S(=O)(=O)O. The van der Waals surface area contributed by atoms with E-state index in [2.05, 4.69) is 0 Å². The first-order valence-corrected chi connectivity index (χ1v) is 4.40. The van der Waals surface area contributed by atoms with E-state index in [1.165, 1.54) is 0 Å². The molecule has 15 heavy (non-hydrogen) atoms. The molecule has 0 spiro atoms. The molecule has 0 amide bonds. The Hall–Kier alpha value is -0.970. The van der Waals surface area contributed by atoms with E-state index in [9.17, 15) is 35.2 Å². The Morgan fingerprint density at radius 3 is 1.53 bits per heavy atom. The molecule has 0 saturated carbocycles. The highest BCUT2D eigenvalue weighted by Crippen LogP contribution is 2.41. The van der Waals surface area contributed by atoms with Crippen molar-refractivity contribution in [2.75, 3.05) is 0 Å². The van der Waals surface area contributed by atoms with Crippen molar-refractivity contribution < 1.29 is 44.8 Å². The summed E-state index contributed by atoms with van der Waals surface area (Å²) in [6, 6.07) is 0. The van der Waals surface area contributed by atoms with Gasteiger partial charge in [-0.15, -0.1) is 0 Å². The predicted octanol–water partition coefficient (Wildman–Crippen LogP) is 0.730. The van der Waals surface area contributed by atoms with Crippen LogP contribution in [0.15, 0.2) is 0 Å². The van der Waals surface area contributed by atoms with Crippen molar-refractivity contribution in [3.8, 4) is 0 Å². The third-order valence-corrected chi connectivity index (χ3v) is 2.18. The highest BCUT2D eigenvalue weighted by Gasteiger charge is 2.67. The van der Waals surface area contributed by atoms with Crippen molar-refractivity contribution in [3.63, 3.8) is 0 Å². The van der Waals surface area contributed by atoms with E-state index in [4.69, 9.17) is 9.66 Å². The standard InChI is InChI=1S/C4H3F5O5S/c5-3(6,7)1(2(10)11)4(8,9)15(12,13)14/h1H,(H,10,11)(H,12,13,14). The number of aliphatic carboxylic acids is 1. The average Bonchev–Trinajstić information content (AvgIpc) is 1.76. The zero-order chi connectivity index (χ0) is 12.7. The molecule has 0 fully saturated rings. The van der Waals surface area contributed by atoms with Gasteiger partial charge in [0.25, 0.3) is 0 Å². The minimum atomic E-state index is -6.46.